The molecule has 0 aromatic carbocycles. The van der Waals surface area contributed by atoms with Crippen LogP contribution in [0.3, 0.4) is 0 Å². The number of nitrogens with zero attached hydrogens (tertiary/aromatic N) is 6. The number of rotatable bonds is 6. The number of fused-ring (bicyclic) bond motifs is 1. The van der Waals surface area contributed by atoms with Crippen molar-refractivity contribution < 1.29 is 28.7 Å². The number of aryl methyl sites for hydroxylation is 2. The molecule has 3 aromatic heterocycles. The fourth-order valence-corrected chi connectivity index (χ4v) is 4.47. The molecular weight excluding hydrogens is 566 g/mol. The first-order valence-electron chi connectivity index (χ1n) is 14.4. The number of nitrogens with one attached hydrogen (secondary N) is 1. The van der Waals surface area contributed by atoms with Gasteiger partial charge < -0.3 is 14.8 Å². The highest BCUT2D eigenvalue weighted by molar-refractivity contribution is 6.09. The normalized spacial score (nSPS) is 13.1. The molecule has 0 unspecified atom stereocenters. The Bertz CT molecular complexity index is 1510. The lowest BCUT2D eigenvalue weighted by atomic mass is 10.1. The zero-order valence-corrected chi connectivity index (χ0v) is 26.2. The van der Waals surface area contributed by atoms with Gasteiger partial charge in [-0.2, -0.15) is 10.00 Å². The minimum atomic E-state index is -0.901. The van der Waals surface area contributed by atoms with Crippen LogP contribution in [0.15, 0.2) is 42.9 Å². The van der Waals surface area contributed by atoms with Crippen LogP contribution in [0.25, 0.3) is 11.1 Å². The lowest BCUT2D eigenvalue weighted by Crippen LogP contribution is -2.43. The molecule has 234 valence electrons. The van der Waals surface area contributed by atoms with E-state index in [1.54, 1.807) is 70.8 Å². The van der Waals surface area contributed by atoms with E-state index in [4.69, 9.17) is 9.47 Å². The fourth-order valence-electron chi connectivity index (χ4n) is 4.47. The third-order valence-electron chi connectivity index (χ3n) is 6.27. The van der Waals surface area contributed by atoms with Crippen LogP contribution >= 0.6 is 0 Å². The maximum Gasteiger partial charge on any atom is 0.424 e. The van der Waals surface area contributed by atoms with Gasteiger partial charge in [0.1, 0.15) is 22.8 Å². The molecule has 4 rings (SSSR count). The molecule has 0 spiro atoms. The van der Waals surface area contributed by atoms with E-state index in [0.29, 0.717) is 23.5 Å². The maximum atomic E-state index is 13.0. The summed E-state index contributed by atoms with van der Waals surface area (Å²) in [7, 11) is 0. The quantitative estimate of drug-likeness (QED) is 0.385. The van der Waals surface area contributed by atoms with Gasteiger partial charge in [-0.25, -0.2) is 19.3 Å². The van der Waals surface area contributed by atoms with Crippen LogP contribution in [0.5, 0.6) is 0 Å². The number of anilines is 3. The van der Waals surface area contributed by atoms with Crippen molar-refractivity contribution >= 4 is 41.3 Å². The van der Waals surface area contributed by atoms with E-state index in [-0.39, 0.29) is 30.3 Å². The number of carbonyl (C=O) groups is 4. The standard InChI is InChI=1S/C31H39N7O6/c1-20-15-26-36(13-8-14-37(26)35-20)27(40)12-11-25(39)34-24-10-9-21(18-33-24)22-16-23(19-32-17-22)38(28(41)43-30(2,3)4)29(42)44-31(5,6)7/h9-10,15-19H,8,11-14H2,1-7H3,(H,33,34,39). The summed E-state index contributed by atoms with van der Waals surface area (Å²) < 4.78 is 12.7. The van der Waals surface area contributed by atoms with Crippen LogP contribution in [0.4, 0.5) is 26.9 Å². The van der Waals surface area contributed by atoms with Crippen molar-refractivity contribution in [2.24, 2.45) is 0 Å². The molecule has 1 aliphatic rings. The molecular formula is C31H39N7O6. The summed E-state index contributed by atoms with van der Waals surface area (Å²) in [5, 5.41) is 7.13. The van der Waals surface area contributed by atoms with E-state index in [0.717, 1.165) is 29.4 Å². The van der Waals surface area contributed by atoms with Crippen LogP contribution < -0.4 is 15.1 Å². The monoisotopic (exact) mass is 605 g/mol. The topological polar surface area (TPSA) is 149 Å². The van der Waals surface area contributed by atoms with Crippen LogP contribution in [0.1, 0.15) is 66.5 Å². The van der Waals surface area contributed by atoms with E-state index in [2.05, 4.69) is 20.4 Å². The number of hydrogen-bond donors (Lipinski definition) is 1. The van der Waals surface area contributed by atoms with E-state index < -0.39 is 23.4 Å². The summed E-state index contributed by atoms with van der Waals surface area (Å²) in [6, 6.07) is 6.81. The smallest absolute Gasteiger partial charge is 0.424 e. The minimum Gasteiger partial charge on any atom is -0.443 e. The second kappa shape index (κ2) is 12.8. The van der Waals surface area contributed by atoms with Gasteiger partial charge in [-0.3, -0.25) is 19.5 Å². The predicted octanol–water partition coefficient (Wildman–Crippen LogP) is 5.48. The van der Waals surface area contributed by atoms with Gasteiger partial charge in [0.25, 0.3) is 0 Å². The van der Waals surface area contributed by atoms with Crippen LogP contribution in [0, 0.1) is 6.92 Å². The highest BCUT2D eigenvalue weighted by Crippen LogP contribution is 2.27. The largest absolute Gasteiger partial charge is 0.443 e. The van der Waals surface area contributed by atoms with Crippen molar-refractivity contribution in [3.8, 4) is 11.1 Å². The van der Waals surface area contributed by atoms with Gasteiger partial charge in [0.05, 0.1) is 17.6 Å². The van der Waals surface area contributed by atoms with Gasteiger partial charge in [-0.05, 0) is 73.1 Å². The summed E-state index contributed by atoms with van der Waals surface area (Å²) >= 11 is 0. The van der Waals surface area contributed by atoms with E-state index >= 15 is 0 Å². The SMILES string of the molecule is Cc1cc2n(n1)CCCN2C(=O)CCC(=O)Nc1ccc(-c2cncc(N(C(=O)OC(C)(C)C)C(=O)OC(C)(C)C)c2)cn1. The summed E-state index contributed by atoms with van der Waals surface area (Å²) in [6.45, 7) is 13.4. The molecule has 0 fully saturated rings. The molecule has 4 heterocycles. The summed E-state index contributed by atoms with van der Waals surface area (Å²) in [6.07, 6.45) is 3.51. The highest BCUT2D eigenvalue weighted by atomic mass is 16.6. The molecule has 0 saturated carbocycles. The van der Waals surface area contributed by atoms with Crippen LogP contribution in [0.2, 0.25) is 0 Å². The van der Waals surface area contributed by atoms with E-state index in [9.17, 15) is 19.2 Å². The highest BCUT2D eigenvalue weighted by Gasteiger charge is 2.33. The molecule has 44 heavy (non-hydrogen) atoms. The molecule has 0 atom stereocenters. The molecule has 3 aromatic rings. The molecule has 1 aliphatic heterocycles. The number of imide groups is 1. The van der Waals surface area contributed by atoms with Crippen molar-refractivity contribution in [1.29, 1.82) is 0 Å². The lowest BCUT2D eigenvalue weighted by Gasteiger charge is -2.28. The van der Waals surface area contributed by atoms with Crippen molar-refractivity contribution in [3.63, 3.8) is 0 Å². The van der Waals surface area contributed by atoms with Gasteiger partial charge in [0.15, 0.2) is 0 Å². The Morgan fingerprint density at radius 1 is 0.886 bits per heavy atom. The Kier molecular flexibility index (Phi) is 9.36. The van der Waals surface area contributed by atoms with Gasteiger partial charge in [-0.1, -0.05) is 0 Å². The lowest BCUT2D eigenvalue weighted by molar-refractivity contribution is -0.122. The van der Waals surface area contributed by atoms with E-state index in [1.165, 1.54) is 12.4 Å². The summed E-state index contributed by atoms with van der Waals surface area (Å²) in [4.78, 5) is 62.5. The van der Waals surface area contributed by atoms with E-state index in [1.807, 2.05) is 17.7 Å². The molecule has 0 bridgehead atoms. The number of ether oxygens (including phenoxy) is 2. The Balaban J connectivity index is 1.42. The average Bonchev–Trinajstić information content (AvgIpc) is 3.30. The van der Waals surface area contributed by atoms with Crippen LogP contribution in [-0.4, -0.2) is 61.5 Å². The number of pyridine rings is 2. The second-order valence-corrected chi connectivity index (χ2v) is 12.5. The Morgan fingerprint density at radius 3 is 2.18 bits per heavy atom. The Morgan fingerprint density at radius 2 is 1.57 bits per heavy atom. The fraction of sp³-hybridized carbons (Fsp3) is 0.452. The summed E-state index contributed by atoms with van der Waals surface area (Å²) in [5.41, 5.74) is 0.481. The number of aromatic nitrogens is 4. The minimum absolute atomic E-state index is 0.00299. The number of carbonyl (C=O) groups excluding carboxylic acids is 4. The predicted molar refractivity (Wildman–Crippen MR) is 164 cm³/mol. The molecule has 13 nitrogen and oxygen atoms in total. The Hall–Kier alpha value is -4.81. The third kappa shape index (κ3) is 8.39. The zero-order chi connectivity index (χ0) is 32.2. The average molecular weight is 606 g/mol. The van der Waals surface area contributed by atoms with Crippen molar-refractivity contribution in [1.82, 2.24) is 19.7 Å². The van der Waals surface area contributed by atoms with Crippen LogP contribution in [-0.2, 0) is 25.6 Å². The molecule has 4 amide bonds. The van der Waals surface area contributed by atoms with Crippen molar-refractivity contribution in [2.75, 3.05) is 21.7 Å². The van der Waals surface area contributed by atoms with Gasteiger partial charge >= 0.3 is 12.2 Å². The zero-order valence-electron chi connectivity index (χ0n) is 26.2. The number of amides is 4. The second-order valence-electron chi connectivity index (χ2n) is 12.5. The first-order valence-corrected chi connectivity index (χ1v) is 14.4. The first kappa shape index (κ1) is 32.1. The molecule has 0 saturated heterocycles. The molecule has 1 N–H and O–H groups in total. The summed E-state index contributed by atoms with van der Waals surface area (Å²) in [5.74, 6) is 0.597. The molecule has 0 radical (unpaired) electrons. The number of hydrogen-bond acceptors (Lipinski definition) is 9. The van der Waals surface area contributed by atoms with Crippen molar-refractivity contribution in [3.05, 3.63) is 48.5 Å². The first-order chi connectivity index (χ1) is 20.6. The van der Waals surface area contributed by atoms with Gasteiger partial charge in [0.2, 0.25) is 11.8 Å². The van der Waals surface area contributed by atoms with Crippen molar-refractivity contribution in [2.45, 2.75) is 85.5 Å². The van der Waals surface area contributed by atoms with Gasteiger partial charge in [0, 0.05) is 55.5 Å². The maximum absolute atomic E-state index is 13.0. The third-order valence-corrected chi connectivity index (χ3v) is 6.27. The van der Waals surface area contributed by atoms with Gasteiger partial charge in [-0.15, -0.1) is 0 Å². The molecule has 0 aliphatic carbocycles. The Labute approximate surface area is 256 Å². The molecule has 13 heteroatoms.